The molecule has 3 heterocycles. The molecule has 156 valence electrons. The number of anilines is 2. The number of rotatable bonds is 5. The van der Waals surface area contributed by atoms with Crippen LogP contribution >= 0.6 is 0 Å². The van der Waals surface area contributed by atoms with Crippen LogP contribution in [0.3, 0.4) is 0 Å². The van der Waals surface area contributed by atoms with Crippen LogP contribution < -0.4 is 20.1 Å². The molecule has 3 aromatic rings. The monoisotopic (exact) mass is 411 g/mol. The molecule has 1 amide bonds. The third-order valence-corrected chi connectivity index (χ3v) is 5.10. The SMILES string of the molecule is COc1cc(C2C(C(=O)Nc3cnccc3OC)C(C)Nc3nnnn32)ccc1O. The van der Waals surface area contributed by atoms with Crippen LogP contribution in [0.15, 0.2) is 36.7 Å². The minimum Gasteiger partial charge on any atom is -0.504 e. The lowest BCUT2D eigenvalue weighted by Gasteiger charge is -2.36. The van der Waals surface area contributed by atoms with Gasteiger partial charge in [-0.2, -0.15) is 0 Å². The molecule has 1 aliphatic rings. The zero-order valence-corrected chi connectivity index (χ0v) is 16.6. The standard InChI is InChI=1S/C19H21N7O4/c1-10-16(18(28)22-12-9-20-7-6-14(12)29-2)17(26-19(21-10)23-24-25-26)11-4-5-13(27)15(8-11)30-3/h4-10,16-17,27H,1-3H3,(H,22,28)(H,21,23,25). The summed E-state index contributed by atoms with van der Waals surface area (Å²) in [6.07, 6.45) is 3.11. The summed E-state index contributed by atoms with van der Waals surface area (Å²) in [6, 6.07) is 5.74. The molecule has 0 spiro atoms. The van der Waals surface area contributed by atoms with Crippen LogP contribution in [0.2, 0.25) is 0 Å². The van der Waals surface area contributed by atoms with Crippen molar-refractivity contribution in [2.75, 3.05) is 24.9 Å². The fraction of sp³-hybridized carbons (Fsp3) is 0.316. The molecule has 30 heavy (non-hydrogen) atoms. The molecule has 4 rings (SSSR count). The fourth-order valence-corrected chi connectivity index (χ4v) is 3.66. The van der Waals surface area contributed by atoms with Gasteiger partial charge in [0.15, 0.2) is 11.5 Å². The Morgan fingerprint density at radius 1 is 1.23 bits per heavy atom. The van der Waals surface area contributed by atoms with Gasteiger partial charge in [-0.1, -0.05) is 11.2 Å². The van der Waals surface area contributed by atoms with Gasteiger partial charge in [0.2, 0.25) is 11.9 Å². The number of amides is 1. The third-order valence-electron chi connectivity index (χ3n) is 5.10. The van der Waals surface area contributed by atoms with Crippen molar-refractivity contribution in [3.63, 3.8) is 0 Å². The topological polar surface area (TPSA) is 136 Å². The summed E-state index contributed by atoms with van der Waals surface area (Å²) in [5.74, 6) is 0.380. The molecule has 3 unspecified atom stereocenters. The van der Waals surface area contributed by atoms with E-state index in [0.717, 1.165) is 0 Å². The molecular formula is C19H21N7O4. The lowest BCUT2D eigenvalue weighted by Crippen LogP contribution is -2.46. The molecule has 2 aromatic heterocycles. The number of tetrazole rings is 1. The van der Waals surface area contributed by atoms with Gasteiger partial charge in [0.05, 0.1) is 32.4 Å². The molecule has 11 nitrogen and oxygen atoms in total. The number of aromatic nitrogens is 5. The Bertz CT molecular complexity index is 1070. The number of carbonyl (C=O) groups is 1. The van der Waals surface area contributed by atoms with E-state index < -0.39 is 12.0 Å². The molecule has 0 radical (unpaired) electrons. The molecule has 11 heteroatoms. The van der Waals surface area contributed by atoms with Gasteiger partial charge in [0, 0.05) is 18.3 Å². The van der Waals surface area contributed by atoms with Gasteiger partial charge in [0.25, 0.3) is 0 Å². The highest BCUT2D eigenvalue weighted by atomic mass is 16.5. The van der Waals surface area contributed by atoms with E-state index >= 15 is 0 Å². The quantitative estimate of drug-likeness (QED) is 0.570. The number of nitrogens with zero attached hydrogens (tertiary/aromatic N) is 5. The van der Waals surface area contributed by atoms with Gasteiger partial charge in [0.1, 0.15) is 11.4 Å². The minimum atomic E-state index is -0.597. The number of hydrogen-bond acceptors (Lipinski definition) is 9. The molecule has 0 fully saturated rings. The van der Waals surface area contributed by atoms with Crippen LogP contribution in [0.1, 0.15) is 18.5 Å². The highest BCUT2D eigenvalue weighted by Crippen LogP contribution is 2.39. The molecule has 1 aromatic carbocycles. The van der Waals surface area contributed by atoms with Crippen molar-refractivity contribution in [2.45, 2.75) is 19.0 Å². The first-order chi connectivity index (χ1) is 14.5. The molecule has 0 saturated heterocycles. The number of benzene rings is 1. The molecule has 0 bridgehead atoms. The Morgan fingerprint density at radius 2 is 2.03 bits per heavy atom. The first-order valence-electron chi connectivity index (χ1n) is 9.23. The number of pyridine rings is 1. The van der Waals surface area contributed by atoms with E-state index in [0.29, 0.717) is 28.7 Å². The number of aromatic hydroxyl groups is 1. The van der Waals surface area contributed by atoms with Crippen LogP contribution in [0.4, 0.5) is 11.6 Å². The largest absolute Gasteiger partial charge is 0.504 e. The smallest absolute Gasteiger partial charge is 0.243 e. The summed E-state index contributed by atoms with van der Waals surface area (Å²) < 4.78 is 12.1. The van der Waals surface area contributed by atoms with Crippen LogP contribution in [0, 0.1) is 5.92 Å². The van der Waals surface area contributed by atoms with E-state index in [4.69, 9.17) is 9.47 Å². The lowest BCUT2D eigenvalue weighted by atomic mass is 9.85. The van der Waals surface area contributed by atoms with Crippen LogP contribution in [0.5, 0.6) is 17.2 Å². The predicted molar refractivity (Wildman–Crippen MR) is 107 cm³/mol. The van der Waals surface area contributed by atoms with Gasteiger partial charge in [-0.3, -0.25) is 9.78 Å². The lowest BCUT2D eigenvalue weighted by molar-refractivity contribution is -0.121. The van der Waals surface area contributed by atoms with E-state index in [2.05, 4.69) is 31.1 Å². The fourth-order valence-electron chi connectivity index (χ4n) is 3.66. The number of fused-ring (bicyclic) bond motifs is 1. The summed E-state index contributed by atoms with van der Waals surface area (Å²) in [5, 5.41) is 27.8. The van der Waals surface area contributed by atoms with Gasteiger partial charge >= 0.3 is 0 Å². The van der Waals surface area contributed by atoms with Gasteiger partial charge in [-0.25, -0.2) is 4.68 Å². The minimum absolute atomic E-state index is 0.00118. The van der Waals surface area contributed by atoms with Crippen molar-refractivity contribution < 1.29 is 19.4 Å². The maximum Gasteiger partial charge on any atom is 0.243 e. The molecule has 0 aliphatic carbocycles. The first kappa shape index (κ1) is 19.4. The number of carbonyl (C=O) groups excluding carboxylic acids is 1. The highest BCUT2D eigenvalue weighted by Gasteiger charge is 2.42. The number of hydrogen-bond donors (Lipinski definition) is 3. The van der Waals surface area contributed by atoms with Crippen molar-refractivity contribution in [2.24, 2.45) is 5.92 Å². The second-order valence-corrected chi connectivity index (χ2v) is 6.85. The second-order valence-electron chi connectivity index (χ2n) is 6.85. The summed E-state index contributed by atoms with van der Waals surface area (Å²) in [4.78, 5) is 17.4. The number of phenolic OH excluding ortho intramolecular Hbond substituents is 1. The number of methoxy groups -OCH3 is 2. The van der Waals surface area contributed by atoms with E-state index in [9.17, 15) is 9.90 Å². The van der Waals surface area contributed by atoms with Crippen LogP contribution in [-0.2, 0) is 4.79 Å². The Balaban J connectivity index is 1.75. The zero-order valence-electron chi connectivity index (χ0n) is 16.6. The second kappa shape index (κ2) is 7.85. The van der Waals surface area contributed by atoms with Gasteiger partial charge in [-0.15, -0.1) is 0 Å². The van der Waals surface area contributed by atoms with E-state index in [1.807, 2.05) is 6.92 Å². The van der Waals surface area contributed by atoms with Crippen LogP contribution in [0.25, 0.3) is 0 Å². The average Bonchev–Trinajstić information content (AvgIpc) is 3.21. The number of ether oxygens (including phenoxy) is 2. The predicted octanol–water partition coefficient (Wildman–Crippen LogP) is 1.45. The van der Waals surface area contributed by atoms with E-state index in [1.165, 1.54) is 26.5 Å². The molecular weight excluding hydrogens is 390 g/mol. The highest BCUT2D eigenvalue weighted by molar-refractivity contribution is 5.95. The summed E-state index contributed by atoms with van der Waals surface area (Å²) in [7, 11) is 2.99. The van der Waals surface area contributed by atoms with Crippen molar-refractivity contribution in [3.05, 3.63) is 42.2 Å². The average molecular weight is 411 g/mol. The molecule has 0 saturated carbocycles. The molecule has 1 aliphatic heterocycles. The normalized spacial score (nSPS) is 20.0. The molecule has 3 atom stereocenters. The number of phenols is 1. The summed E-state index contributed by atoms with van der Waals surface area (Å²) >= 11 is 0. The molecule has 3 N–H and O–H groups in total. The van der Waals surface area contributed by atoms with Crippen LogP contribution in [-0.4, -0.2) is 56.5 Å². The number of nitrogens with one attached hydrogen (secondary N) is 2. The summed E-state index contributed by atoms with van der Waals surface area (Å²) in [5.41, 5.74) is 1.17. The van der Waals surface area contributed by atoms with Crippen molar-refractivity contribution in [3.8, 4) is 17.2 Å². The Kier molecular flexibility index (Phi) is 5.09. The van der Waals surface area contributed by atoms with E-state index in [-0.39, 0.29) is 17.7 Å². The Hall–Kier alpha value is -3.89. The first-order valence-corrected chi connectivity index (χ1v) is 9.23. The van der Waals surface area contributed by atoms with Crippen molar-refractivity contribution in [1.82, 2.24) is 25.2 Å². The van der Waals surface area contributed by atoms with Gasteiger partial charge in [-0.05, 0) is 35.0 Å². The maximum atomic E-state index is 13.4. The van der Waals surface area contributed by atoms with E-state index in [1.54, 1.807) is 29.1 Å². The zero-order chi connectivity index (χ0) is 21.3. The third kappa shape index (κ3) is 3.34. The van der Waals surface area contributed by atoms with Gasteiger partial charge < -0.3 is 25.2 Å². The van der Waals surface area contributed by atoms with Crippen molar-refractivity contribution >= 4 is 17.5 Å². The Labute approximate surface area is 172 Å². The summed E-state index contributed by atoms with van der Waals surface area (Å²) in [6.45, 7) is 1.88. The maximum absolute atomic E-state index is 13.4. The Morgan fingerprint density at radius 3 is 2.80 bits per heavy atom. The van der Waals surface area contributed by atoms with Crippen molar-refractivity contribution in [1.29, 1.82) is 0 Å².